The molecule has 1 atom stereocenters. The highest BCUT2D eigenvalue weighted by Crippen LogP contribution is 2.32. The fraction of sp³-hybridized carbons (Fsp3) is 0.222. The second kappa shape index (κ2) is 6.87. The van der Waals surface area contributed by atoms with Crippen LogP contribution in [0, 0.1) is 0 Å². The van der Waals surface area contributed by atoms with Crippen molar-refractivity contribution < 1.29 is 4.79 Å². The lowest BCUT2D eigenvalue weighted by atomic mass is 10.1. The van der Waals surface area contributed by atoms with Crippen LogP contribution in [0.25, 0.3) is 11.0 Å². The third kappa shape index (κ3) is 3.01. The number of carbonyl (C=O) groups is 1. The van der Waals surface area contributed by atoms with Crippen molar-refractivity contribution in [3.8, 4) is 0 Å². The molecule has 1 aromatic heterocycles. The number of aromatic nitrogens is 2. The van der Waals surface area contributed by atoms with Gasteiger partial charge in [0.2, 0.25) is 5.91 Å². The van der Waals surface area contributed by atoms with E-state index in [1.165, 1.54) is 4.90 Å². The summed E-state index contributed by atoms with van der Waals surface area (Å²) >= 11 is 1.69. The average molecular weight is 360 g/mol. The lowest BCUT2D eigenvalue weighted by molar-refractivity contribution is -0.117. The second-order valence-electron chi connectivity index (χ2n) is 5.75. The molecule has 0 bridgehead atoms. The van der Waals surface area contributed by atoms with Gasteiger partial charge in [0, 0.05) is 29.5 Å². The molecule has 4 rings (SSSR count). The molecule has 2 heterocycles. The van der Waals surface area contributed by atoms with Crippen LogP contribution in [0.3, 0.4) is 0 Å². The van der Waals surface area contributed by atoms with E-state index in [9.17, 15) is 4.79 Å². The first-order valence-corrected chi connectivity index (χ1v) is 8.86. The second-order valence-corrected chi connectivity index (χ2v) is 6.63. The quantitative estimate of drug-likeness (QED) is 0.712. The summed E-state index contributed by atoms with van der Waals surface area (Å²) in [6.07, 6.45) is 2.55. The minimum atomic E-state index is 0. The molecular formula is C18H18ClN3OS. The van der Waals surface area contributed by atoms with Crippen molar-refractivity contribution >= 4 is 46.8 Å². The van der Waals surface area contributed by atoms with Gasteiger partial charge in [-0.15, -0.1) is 24.2 Å². The molecule has 0 saturated carbocycles. The number of hydrogen-bond donors (Lipinski definition) is 1. The summed E-state index contributed by atoms with van der Waals surface area (Å²) in [4.78, 5) is 23.5. The number of aromatic amines is 1. The van der Waals surface area contributed by atoms with Gasteiger partial charge in [-0.3, -0.25) is 4.79 Å². The lowest BCUT2D eigenvalue weighted by Crippen LogP contribution is -2.24. The molecule has 0 radical (unpaired) electrons. The number of rotatable bonds is 3. The Morgan fingerprint density at radius 1 is 1.21 bits per heavy atom. The standard InChI is InChI=1S/C18H17N3OS.ClH/c1-23-14-6-4-5-13(10-14)21-11-12(9-17(21)22)18-19-15-7-2-3-8-16(15)20-18;/h2-8,10,12H,9,11H2,1H3,(H,19,20);1H. The molecule has 1 fully saturated rings. The number of imidazole rings is 1. The van der Waals surface area contributed by atoms with Gasteiger partial charge in [0.1, 0.15) is 5.82 Å². The van der Waals surface area contributed by atoms with Crippen molar-refractivity contribution in [2.75, 3.05) is 17.7 Å². The Bertz CT molecular complexity index is 846. The molecule has 124 valence electrons. The van der Waals surface area contributed by atoms with Gasteiger partial charge in [-0.05, 0) is 36.6 Å². The lowest BCUT2D eigenvalue weighted by Gasteiger charge is -2.17. The maximum atomic E-state index is 12.5. The fourth-order valence-electron chi connectivity index (χ4n) is 3.08. The molecule has 0 aliphatic carbocycles. The van der Waals surface area contributed by atoms with Crippen LogP contribution in [0.15, 0.2) is 53.4 Å². The number of H-pyrrole nitrogens is 1. The topological polar surface area (TPSA) is 49.0 Å². The molecule has 0 spiro atoms. The fourth-order valence-corrected chi connectivity index (χ4v) is 3.54. The SMILES string of the molecule is CSc1cccc(N2CC(c3nc4ccccc4[nH]3)CC2=O)c1.Cl. The largest absolute Gasteiger partial charge is 0.342 e. The number of benzene rings is 2. The summed E-state index contributed by atoms with van der Waals surface area (Å²) in [5.41, 5.74) is 2.95. The summed E-state index contributed by atoms with van der Waals surface area (Å²) in [5, 5.41) is 0. The number of thioether (sulfide) groups is 1. The molecule has 1 N–H and O–H groups in total. The molecule has 1 unspecified atom stereocenters. The van der Waals surface area contributed by atoms with E-state index in [1.54, 1.807) is 11.8 Å². The van der Waals surface area contributed by atoms with Gasteiger partial charge in [0.05, 0.1) is 11.0 Å². The molecule has 1 aliphatic rings. The number of anilines is 1. The highest BCUT2D eigenvalue weighted by molar-refractivity contribution is 7.98. The number of amides is 1. The minimum absolute atomic E-state index is 0. The van der Waals surface area contributed by atoms with E-state index in [1.807, 2.05) is 47.6 Å². The molecule has 6 heteroatoms. The normalized spacial score (nSPS) is 17.3. The van der Waals surface area contributed by atoms with Crippen molar-refractivity contribution in [2.45, 2.75) is 17.2 Å². The molecule has 1 saturated heterocycles. The smallest absolute Gasteiger partial charge is 0.227 e. The van der Waals surface area contributed by atoms with Gasteiger partial charge >= 0.3 is 0 Å². The van der Waals surface area contributed by atoms with Gasteiger partial charge in [-0.2, -0.15) is 0 Å². The van der Waals surface area contributed by atoms with E-state index in [2.05, 4.69) is 22.1 Å². The Hall–Kier alpha value is -1.98. The predicted octanol–water partition coefficient (Wildman–Crippen LogP) is 4.23. The Kier molecular flexibility index (Phi) is 4.83. The van der Waals surface area contributed by atoms with Gasteiger partial charge in [0.25, 0.3) is 0 Å². The van der Waals surface area contributed by atoms with E-state index in [4.69, 9.17) is 0 Å². The Morgan fingerprint density at radius 2 is 2.04 bits per heavy atom. The van der Waals surface area contributed by atoms with Crippen LogP contribution in [-0.2, 0) is 4.79 Å². The summed E-state index contributed by atoms with van der Waals surface area (Å²) in [6.45, 7) is 0.677. The van der Waals surface area contributed by atoms with E-state index in [0.717, 1.165) is 22.5 Å². The summed E-state index contributed by atoms with van der Waals surface area (Å²) in [6, 6.07) is 16.1. The van der Waals surface area contributed by atoms with Crippen molar-refractivity contribution in [1.29, 1.82) is 0 Å². The van der Waals surface area contributed by atoms with Gasteiger partial charge < -0.3 is 9.88 Å². The van der Waals surface area contributed by atoms with Crippen LogP contribution in [0.5, 0.6) is 0 Å². The molecular weight excluding hydrogens is 342 g/mol. The van der Waals surface area contributed by atoms with Crippen molar-refractivity contribution in [3.63, 3.8) is 0 Å². The molecule has 24 heavy (non-hydrogen) atoms. The van der Waals surface area contributed by atoms with Crippen LogP contribution in [0.1, 0.15) is 18.2 Å². The highest BCUT2D eigenvalue weighted by Gasteiger charge is 2.33. The zero-order chi connectivity index (χ0) is 15.8. The van der Waals surface area contributed by atoms with Crippen LogP contribution >= 0.6 is 24.2 Å². The first kappa shape index (κ1) is 16.9. The third-order valence-electron chi connectivity index (χ3n) is 4.28. The van der Waals surface area contributed by atoms with Crippen molar-refractivity contribution in [3.05, 3.63) is 54.4 Å². The molecule has 3 aromatic rings. The Labute approximate surface area is 151 Å². The van der Waals surface area contributed by atoms with Gasteiger partial charge in [-0.25, -0.2) is 4.98 Å². The first-order valence-electron chi connectivity index (χ1n) is 7.63. The molecule has 1 aliphatic heterocycles. The van der Waals surface area contributed by atoms with Crippen LogP contribution in [0.2, 0.25) is 0 Å². The van der Waals surface area contributed by atoms with Crippen molar-refractivity contribution in [1.82, 2.24) is 9.97 Å². The summed E-state index contributed by atoms with van der Waals surface area (Å²) in [7, 11) is 0. The number of nitrogens with zero attached hydrogens (tertiary/aromatic N) is 2. The Balaban J connectivity index is 0.00000169. The number of nitrogens with one attached hydrogen (secondary N) is 1. The number of carbonyl (C=O) groups excluding carboxylic acids is 1. The highest BCUT2D eigenvalue weighted by atomic mass is 35.5. The van der Waals surface area contributed by atoms with Gasteiger partial charge in [-0.1, -0.05) is 18.2 Å². The number of hydrogen-bond acceptors (Lipinski definition) is 3. The maximum absolute atomic E-state index is 12.5. The maximum Gasteiger partial charge on any atom is 0.227 e. The van der Waals surface area contributed by atoms with E-state index in [-0.39, 0.29) is 24.2 Å². The number of fused-ring (bicyclic) bond motifs is 1. The van der Waals surface area contributed by atoms with E-state index in [0.29, 0.717) is 13.0 Å². The third-order valence-corrected chi connectivity index (χ3v) is 5.01. The van der Waals surface area contributed by atoms with E-state index >= 15 is 0 Å². The van der Waals surface area contributed by atoms with Crippen LogP contribution < -0.4 is 4.90 Å². The average Bonchev–Trinajstić information content (AvgIpc) is 3.18. The van der Waals surface area contributed by atoms with E-state index < -0.39 is 0 Å². The number of para-hydroxylation sites is 2. The zero-order valence-electron chi connectivity index (χ0n) is 13.2. The minimum Gasteiger partial charge on any atom is -0.342 e. The van der Waals surface area contributed by atoms with Crippen LogP contribution in [-0.4, -0.2) is 28.7 Å². The molecule has 4 nitrogen and oxygen atoms in total. The monoisotopic (exact) mass is 359 g/mol. The zero-order valence-corrected chi connectivity index (χ0v) is 14.9. The number of halogens is 1. The predicted molar refractivity (Wildman–Crippen MR) is 101 cm³/mol. The van der Waals surface area contributed by atoms with Crippen LogP contribution in [0.4, 0.5) is 5.69 Å². The van der Waals surface area contributed by atoms with Gasteiger partial charge in [0.15, 0.2) is 0 Å². The first-order chi connectivity index (χ1) is 11.2. The molecule has 2 aromatic carbocycles. The van der Waals surface area contributed by atoms with Crippen molar-refractivity contribution in [2.24, 2.45) is 0 Å². The Morgan fingerprint density at radius 3 is 2.83 bits per heavy atom. The summed E-state index contributed by atoms with van der Waals surface area (Å²) in [5.74, 6) is 1.18. The summed E-state index contributed by atoms with van der Waals surface area (Å²) < 4.78 is 0. The molecule has 1 amide bonds.